The third-order valence-corrected chi connectivity index (χ3v) is 3.41. The van der Waals surface area contributed by atoms with Crippen LogP contribution in [0.1, 0.15) is 35.8 Å². The normalized spacial score (nSPS) is 20.0. The maximum Gasteiger partial charge on any atom is 0.273 e. The molecule has 1 amide bonds. The summed E-state index contributed by atoms with van der Waals surface area (Å²) in [6.45, 7) is 2.57. The number of aromatic nitrogens is 3. The molecule has 1 saturated carbocycles. The highest BCUT2D eigenvalue weighted by molar-refractivity contribution is 5.91. The third kappa shape index (κ3) is 2.46. The van der Waals surface area contributed by atoms with Crippen molar-refractivity contribution in [2.24, 2.45) is 5.92 Å². The van der Waals surface area contributed by atoms with Crippen molar-refractivity contribution in [3.05, 3.63) is 11.9 Å². The molecular weight excluding hydrogens is 218 g/mol. The van der Waals surface area contributed by atoms with Crippen LogP contribution < -0.4 is 10.6 Å². The molecule has 2 N–H and O–H groups in total. The minimum Gasteiger partial charge on any atom is -0.351 e. The van der Waals surface area contributed by atoms with Crippen LogP contribution in [0.25, 0.3) is 0 Å². The van der Waals surface area contributed by atoms with Gasteiger partial charge in [0.05, 0.1) is 12.2 Å². The van der Waals surface area contributed by atoms with Gasteiger partial charge in [-0.3, -0.25) is 4.79 Å². The Bertz CT molecular complexity index is 408. The summed E-state index contributed by atoms with van der Waals surface area (Å²) >= 11 is 0. The molecule has 2 fully saturated rings. The first-order chi connectivity index (χ1) is 8.33. The molecule has 6 nitrogen and oxygen atoms in total. The van der Waals surface area contributed by atoms with E-state index in [2.05, 4.69) is 20.9 Å². The first-order valence-corrected chi connectivity index (χ1v) is 6.23. The maximum atomic E-state index is 11.7. The molecule has 17 heavy (non-hydrogen) atoms. The van der Waals surface area contributed by atoms with Crippen LogP contribution in [0.2, 0.25) is 0 Å². The first-order valence-electron chi connectivity index (χ1n) is 6.23. The lowest BCUT2D eigenvalue weighted by Crippen LogP contribution is -2.43. The molecule has 0 spiro atoms. The standard InChI is InChI=1S/C11H17N5O/c17-11(13-4-3-8-1-2-8)10-7-16(15-14-10)9-5-12-6-9/h7-9,12H,1-6H2,(H,13,17). The van der Waals surface area contributed by atoms with Crippen molar-refractivity contribution in [3.63, 3.8) is 0 Å². The van der Waals surface area contributed by atoms with Gasteiger partial charge in [0.1, 0.15) is 0 Å². The number of nitrogens with zero attached hydrogens (tertiary/aromatic N) is 3. The summed E-state index contributed by atoms with van der Waals surface area (Å²) < 4.78 is 1.77. The van der Waals surface area contributed by atoms with E-state index in [0.717, 1.165) is 32.0 Å². The highest BCUT2D eigenvalue weighted by Gasteiger charge is 2.23. The molecule has 1 aromatic rings. The smallest absolute Gasteiger partial charge is 0.273 e. The van der Waals surface area contributed by atoms with Gasteiger partial charge in [-0.15, -0.1) is 5.10 Å². The van der Waals surface area contributed by atoms with Crippen molar-refractivity contribution in [2.45, 2.75) is 25.3 Å². The summed E-state index contributed by atoms with van der Waals surface area (Å²) in [6.07, 6.45) is 5.46. The van der Waals surface area contributed by atoms with E-state index in [1.807, 2.05) is 0 Å². The SMILES string of the molecule is O=C(NCCC1CC1)c1cn(C2CNC2)nn1. The van der Waals surface area contributed by atoms with Crippen LogP contribution in [0.3, 0.4) is 0 Å². The van der Waals surface area contributed by atoms with Gasteiger partial charge in [-0.05, 0) is 12.3 Å². The lowest BCUT2D eigenvalue weighted by Gasteiger charge is -2.26. The number of amides is 1. The number of hydrogen-bond acceptors (Lipinski definition) is 4. The monoisotopic (exact) mass is 235 g/mol. The molecule has 6 heteroatoms. The molecule has 2 aliphatic rings. The Kier molecular flexibility index (Phi) is 2.80. The fourth-order valence-corrected chi connectivity index (χ4v) is 1.91. The Balaban J connectivity index is 1.51. The van der Waals surface area contributed by atoms with Crippen LogP contribution >= 0.6 is 0 Å². The fraction of sp³-hybridized carbons (Fsp3) is 0.727. The molecule has 0 aromatic carbocycles. The molecule has 1 aliphatic heterocycles. The van der Waals surface area contributed by atoms with Crippen LogP contribution in [0.4, 0.5) is 0 Å². The average molecular weight is 235 g/mol. The number of hydrogen-bond donors (Lipinski definition) is 2. The average Bonchev–Trinajstić information content (AvgIpc) is 2.94. The predicted molar refractivity (Wildman–Crippen MR) is 61.6 cm³/mol. The topological polar surface area (TPSA) is 71.8 Å². The lowest BCUT2D eigenvalue weighted by molar-refractivity contribution is 0.0947. The van der Waals surface area contributed by atoms with E-state index in [1.54, 1.807) is 10.9 Å². The Hall–Kier alpha value is -1.43. The van der Waals surface area contributed by atoms with Crippen LogP contribution in [0.5, 0.6) is 0 Å². The van der Waals surface area contributed by atoms with Crippen LogP contribution in [0, 0.1) is 5.92 Å². The summed E-state index contributed by atoms with van der Waals surface area (Å²) in [4.78, 5) is 11.7. The Morgan fingerprint density at radius 3 is 3.00 bits per heavy atom. The van der Waals surface area contributed by atoms with Crippen molar-refractivity contribution < 1.29 is 4.79 Å². The van der Waals surface area contributed by atoms with Gasteiger partial charge in [0.2, 0.25) is 0 Å². The van der Waals surface area contributed by atoms with Crippen molar-refractivity contribution in [1.29, 1.82) is 0 Å². The van der Waals surface area contributed by atoms with Crippen LogP contribution in [0.15, 0.2) is 6.20 Å². The number of rotatable bonds is 5. The predicted octanol–water partition coefficient (Wildman–Crippen LogP) is -0.0477. The van der Waals surface area contributed by atoms with Gasteiger partial charge in [0.15, 0.2) is 5.69 Å². The highest BCUT2D eigenvalue weighted by Crippen LogP contribution is 2.31. The van der Waals surface area contributed by atoms with Gasteiger partial charge < -0.3 is 10.6 Å². The van der Waals surface area contributed by atoms with E-state index in [-0.39, 0.29) is 5.91 Å². The quantitative estimate of drug-likeness (QED) is 0.750. The molecule has 1 aromatic heterocycles. The second-order valence-corrected chi connectivity index (χ2v) is 4.88. The van der Waals surface area contributed by atoms with Crippen molar-refractivity contribution >= 4 is 5.91 Å². The molecule has 1 aliphatic carbocycles. The van der Waals surface area contributed by atoms with Gasteiger partial charge in [0, 0.05) is 19.6 Å². The van der Waals surface area contributed by atoms with Gasteiger partial charge in [-0.25, -0.2) is 4.68 Å². The van der Waals surface area contributed by atoms with E-state index < -0.39 is 0 Å². The molecule has 1 saturated heterocycles. The van der Waals surface area contributed by atoms with E-state index in [0.29, 0.717) is 11.7 Å². The Morgan fingerprint density at radius 1 is 1.53 bits per heavy atom. The van der Waals surface area contributed by atoms with Crippen molar-refractivity contribution in [1.82, 2.24) is 25.6 Å². The second kappa shape index (κ2) is 4.44. The highest BCUT2D eigenvalue weighted by atomic mass is 16.2. The zero-order valence-corrected chi connectivity index (χ0v) is 9.72. The zero-order valence-electron chi connectivity index (χ0n) is 9.72. The Labute approximate surface area is 99.8 Å². The molecule has 0 atom stereocenters. The number of nitrogens with one attached hydrogen (secondary N) is 2. The summed E-state index contributed by atoms with van der Waals surface area (Å²) in [5.74, 6) is 0.733. The molecule has 92 valence electrons. The largest absolute Gasteiger partial charge is 0.351 e. The van der Waals surface area contributed by atoms with E-state index in [1.165, 1.54) is 12.8 Å². The molecule has 0 bridgehead atoms. The van der Waals surface area contributed by atoms with Crippen LogP contribution in [-0.4, -0.2) is 40.5 Å². The molecule has 3 rings (SSSR count). The van der Waals surface area contributed by atoms with Gasteiger partial charge in [0.25, 0.3) is 5.91 Å². The zero-order chi connectivity index (χ0) is 11.7. The summed E-state index contributed by atoms with van der Waals surface area (Å²) in [5.41, 5.74) is 0.424. The van der Waals surface area contributed by atoms with E-state index in [4.69, 9.17) is 0 Å². The number of carbonyl (C=O) groups is 1. The lowest BCUT2D eigenvalue weighted by atomic mass is 10.2. The van der Waals surface area contributed by atoms with Gasteiger partial charge in [-0.1, -0.05) is 18.1 Å². The first kappa shape index (κ1) is 10.7. The minimum atomic E-state index is -0.107. The van der Waals surface area contributed by atoms with Crippen molar-refractivity contribution in [2.75, 3.05) is 19.6 Å². The minimum absolute atomic E-state index is 0.107. The third-order valence-electron chi connectivity index (χ3n) is 3.41. The Morgan fingerprint density at radius 2 is 2.35 bits per heavy atom. The van der Waals surface area contributed by atoms with Gasteiger partial charge >= 0.3 is 0 Å². The number of carbonyl (C=O) groups excluding carboxylic acids is 1. The molecule has 0 radical (unpaired) electrons. The summed E-state index contributed by atoms with van der Waals surface area (Å²) in [7, 11) is 0. The van der Waals surface area contributed by atoms with Crippen LogP contribution in [-0.2, 0) is 0 Å². The molecular formula is C11H17N5O. The maximum absolute atomic E-state index is 11.7. The fourth-order valence-electron chi connectivity index (χ4n) is 1.91. The van der Waals surface area contributed by atoms with Crippen molar-refractivity contribution in [3.8, 4) is 0 Å². The summed E-state index contributed by atoms with van der Waals surface area (Å²) in [6, 6.07) is 0.357. The van der Waals surface area contributed by atoms with E-state index >= 15 is 0 Å². The van der Waals surface area contributed by atoms with E-state index in [9.17, 15) is 4.79 Å². The van der Waals surface area contributed by atoms with Gasteiger partial charge in [-0.2, -0.15) is 0 Å². The molecule has 0 unspecified atom stereocenters. The second-order valence-electron chi connectivity index (χ2n) is 4.88. The summed E-state index contributed by atoms with van der Waals surface area (Å²) in [5, 5.41) is 13.9. The molecule has 2 heterocycles.